The topological polar surface area (TPSA) is 21.3 Å². The second kappa shape index (κ2) is 6.48. The monoisotopic (exact) mass is 113 g/mol. The summed E-state index contributed by atoms with van der Waals surface area (Å²) in [4.78, 5) is 4.83. The van der Waals surface area contributed by atoms with E-state index in [0.717, 1.165) is 13.0 Å². The van der Waals surface area contributed by atoms with Crippen LogP contribution in [0.2, 0.25) is 0 Å². The molecule has 0 amide bonds. The second-order valence-corrected chi connectivity index (χ2v) is 1.37. The van der Waals surface area contributed by atoms with Crippen LogP contribution in [-0.4, -0.2) is 13.2 Å². The van der Waals surface area contributed by atoms with Crippen molar-refractivity contribution in [2.24, 2.45) is 0 Å². The molecule has 0 spiro atoms. The molecule has 8 heavy (non-hydrogen) atoms. The minimum atomic E-state index is 0.486. The van der Waals surface area contributed by atoms with Crippen LogP contribution in [0.25, 0.3) is 0 Å². The van der Waals surface area contributed by atoms with Gasteiger partial charge in [0.2, 0.25) is 0 Å². The summed E-state index contributed by atoms with van der Waals surface area (Å²) in [7, 11) is 0. The Balaban J connectivity index is 2.65. The summed E-state index contributed by atoms with van der Waals surface area (Å²) >= 11 is 0. The zero-order valence-electron chi connectivity index (χ0n) is 5.11. The van der Waals surface area contributed by atoms with E-state index in [9.17, 15) is 0 Å². The zero-order valence-corrected chi connectivity index (χ0v) is 5.11. The van der Waals surface area contributed by atoms with Gasteiger partial charge in [-0.2, -0.15) is 5.48 Å². The van der Waals surface area contributed by atoms with Gasteiger partial charge < -0.3 is 4.84 Å². The summed E-state index contributed by atoms with van der Waals surface area (Å²) in [6.45, 7) is 3.25. The van der Waals surface area contributed by atoms with Crippen molar-refractivity contribution in [3.05, 3.63) is 0 Å². The predicted molar refractivity (Wildman–Crippen MR) is 33.1 cm³/mol. The molecule has 0 unspecified atom stereocenters. The van der Waals surface area contributed by atoms with E-state index in [4.69, 9.17) is 11.3 Å². The fourth-order valence-corrected chi connectivity index (χ4v) is 0.267. The third kappa shape index (κ3) is 5.48. The highest BCUT2D eigenvalue weighted by atomic mass is 16.6. The Morgan fingerprint density at radius 1 is 1.75 bits per heavy atom. The van der Waals surface area contributed by atoms with Crippen LogP contribution in [0.5, 0.6) is 0 Å². The van der Waals surface area contributed by atoms with Gasteiger partial charge in [0.1, 0.15) is 0 Å². The quantitative estimate of drug-likeness (QED) is 0.326. The standard InChI is InChI=1S/C6H11NO/c1-3-5-7-8-6-4-2/h1,7H,4-6H2,2H3. The van der Waals surface area contributed by atoms with Crippen molar-refractivity contribution >= 4 is 0 Å². The van der Waals surface area contributed by atoms with Gasteiger partial charge in [-0.3, -0.25) is 0 Å². The molecule has 0 aromatic rings. The summed E-state index contributed by atoms with van der Waals surface area (Å²) in [5, 5.41) is 0. The van der Waals surface area contributed by atoms with Gasteiger partial charge in [-0.1, -0.05) is 12.8 Å². The summed E-state index contributed by atoms with van der Waals surface area (Å²) in [6.07, 6.45) is 5.93. The summed E-state index contributed by atoms with van der Waals surface area (Å²) in [5.41, 5.74) is 2.60. The molecule has 0 heterocycles. The first kappa shape index (κ1) is 7.48. The van der Waals surface area contributed by atoms with Crippen molar-refractivity contribution in [2.75, 3.05) is 13.2 Å². The number of nitrogens with one attached hydrogen (secondary N) is 1. The number of rotatable bonds is 4. The van der Waals surface area contributed by atoms with Crippen LogP contribution in [0, 0.1) is 12.3 Å². The molecule has 0 aliphatic heterocycles. The van der Waals surface area contributed by atoms with Gasteiger partial charge in [0.05, 0.1) is 13.2 Å². The van der Waals surface area contributed by atoms with Gasteiger partial charge >= 0.3 is 0 Å². The van der Waals surface area contributed by atoms with Gasteiger partial charge in [-0.05, 0) is 6.42 Å². The smallest absolute Gasteiger partial charge is 0.0818 e. The Bertz CT molecular complexity index is 75.1. The third-order valence-corrected chi connectivity index (χ3v) is 0.582. The number of hydroxylamine groups is 1. The first-order valence-electron chi connectivity index (χ1n) is 2.70. The number of hydrogen-bond acceptors (Lipinski definition) is 2. The maximum Gasteiger partial charge on any atom is 0.0818 e. The molecule has 0 rings (SSSR count). The van der Waals surface area contributed by atoms with Crippen molar-refractivity contribution in [3.63, 3.8) is 0 Å². The van der Waals surface area contributed by atoms with Crippen molar-refractivity contribution in [1.82, 2.24) is 5.48 Å². The van der Waals surface area contributed by atoms with Crippen LogP contribution >= 0.6 is 0 Å². The molecular weight excluding hydrogens is 102 g/mol. The van der Waals surface area contributed by atoms with E-state index in [0.29, 0.717) is 6.54 Å². The Morgan fingerprint density at radius 2 is 2.50 bits per heavy atom. The molecule has 1 N–H and O–H groups in total. The SMILES string of the molecule is C#CCNOCCC. The molecule has 0 saturated heterocycles. The lowest BCUT2D eigenvalue weighted by atomic mass is 10.5. The van der Waals surface area contributed by atoms with Gasteiger partial charge in [-0.25, -0.2) is 0 Å². The summed E-state index contributed by atoms with van der Waals surface area (Å²) < 4.78 is 0. The number of hydrogen-bond donors (Lipinski definition) is 1. The molecule has 2 nitrogen and oxygen atoms in total. The van der Waals surface area contributed by atoms with Gasteiger partial charge in [-0.15, -0.1) is 6.42 Å². The fraction of sp³-hybridized carbons (Fsp3) is 0.667. The van der Waals surface area contributed by atoms with Crippen LogP contribution in [0.4, 0.5) is 0 Å². The average Bonchev–Trinajstić information content (AvgIpc) is 1.81. The summed E-state index contributed by atoms with van der Waals surface area (Å²) in [6, 6.07) is 0. The molecule has 0 aromatic carbocycles. The molecule has 2 heteroatoms. The van der Waals surface area contributed by atoms with E-state index < -0.39 is 0 Å². The van der Waals surface area contributed by atoms with E-state index in [2.05, 4.69) is 11.4 Å². The van der Waals surface area contributed by atoms with Crippen LogP contribution in [-0.2, 0) is 4.84 Å². The average molecular weight is 113 g/mol. The van der Waals surface area contributed by atoms with Crippen molar-refractivity contribution in [1.29, 1.82) is 0 Å². The highest BCUT2D eigenvalue weighted by Gasteiger charge is 1.77. The van der Waals surface area contributed by atoms with Crippen molar-refractivity contribution in [2.45, 2.75) is 13.3 Å². The molecular formula is C6H11NO. The lowest BCUT2D eigenvalue weighted by Crippen LogP contribution is -2.14. The fourth-order valence-electron chi connectivity index (χ4n) is 0.267. The Labute approximate surface area is 50.2 Å². The Hall–Kier alpha value is -0.520. The zero-order chi connectivity index (χ0) is 6.24. The van der Waals surface area contributed by atoms with E-state index in [1.165, 1.54) is 0 Å². The largest absolute Gasteiger partial charge is 0.301 e. The minimum Gasteiger partial charge on any atom is -0.301 e. The minimum absolute atomic E-state index is 0.486. The van der Waals surface area contributed by atoms with E-state index in [1.807, 2.05) is 6.92 Å². The van der Waals surface area contributed by atoms with Crippen LogP contribution in [0.1, 0.15) is 13.3 Å². The molecule has 0 bridgehead atoms. The van der Waals surface area contributed by atoms with Crippen LogP contribution in [0.3, 0.4) is 0 Å². The van der Waals surface area contributed by atoms with Crippen molar-refractivity contribution < 1.29 is 4.84 Å². The lowest BCUT2D eigenvalue weighted by molar-refractivity contribution is 0.0503. The van der Waals surface area contributed by atoms with E-state index >= 15 is 0 Å². The maximum atomic E-state index is 4.92. The van der Waals surface area contributed by atoms with Gasteiger partial charge in [0.15, 0.2) is 0 Å². The normalized spacial score (nSPS) is 8.50. The number of terminal acetylenes is 1. The highest BCUT2D eigenvalue weighted by Crippen LogP contribution is 1.72. The molecule has 0 aromatic heterocycles. The van der Waals surface area contributed by atoms with Crippen molar-refractivity contribution in [3.8, 4) is 12.3 Å². The third-order valence-electron chi connectivity index (χ3n) is 0.582. The predicted octanol–water partition coefficient (Wildman–Crippen LogP) is 0.551. The first-order chi connectivity index (χ1) is 3.91. The molecule has 46 valence electrons. The Kier molecular flexibility index (Phi) is 6.06. The lowest BCUT2D eigenvalue weighted by Gasteiger charge is -1.97. The van der Waals surface area contributed by atoms with Gasteiger partial charge in [0, 0.05) is 0 Å². The molecule has 0 saturated carbocycles. The molecule has 0 atom stereocenters. The van der Waals surface area contributed by atoms with Crippen LogP contribution < -0.4 is 5.48 Å². The van der Waals surface area contributed by atoms with Gasteiger partial charge in [0.25, 0.3) is 0 Å². The summed E-state index contributed by atoms with van der Waals surface area (Å²) in [5.74, 6) is 2.39. The van der Waals surface area contributed by atoms with E-state index in [-0.39, 0.29) is 0 Å². The second-order valence-electron chi connectivity index (χ2n) is 1.37. The van der Waals surface area contributed by atoms with Crippen LogP contribution in [0.15, 0.2) is 0 Å². The molecule has 0 aliphatic carbocycles. The van der Waals surface area contributed by atoms with E-state index in [1.54, 1.807) is 0 Å². The molecule has 0 aliphatic rings. The maximum absolute atomic E-state index is 4.92. The Morgan fingerprint density at radius 3 is 3.00 bits per heavy atom. The first-order valence-corrected chi connectivity index (χ1v) is 2.70. The molecule has 0 fully saturated rings. The molecule has 0 radical (unpaired) electrons. The highest BCUT2D eigenvalue weighted by molar-refractivity contribution is 4.84.